The average molecular weight is 503 g/mol. The smallest absolute Gasteiger partial charge is 0.229 e. The Labute approximate surface area is 215 Å². The van der Waals surface area contributed by atoms with Gasteiger partial charge in [0.2, 0.25) is 5.95 Å². The zero-order valence-corrected chi connectivity index (χ0v) is 21.5. The van der Waals surface area contributed by atoms with Crippen LogP contribution in [0.2, 0.25) is 0 Å². The first-order chi connectivity index (χ1) is 17.7. The van der Waals surface area contributed by atoms with E-state index in [9.17, 15) is 9.50 Å². The number of likely N-dealkylation sites (N-methyl/N-ethyl adjacent to an activating group) is 2. The Kier molecular flexibility index (Phi) is 5.54. The number of nitrogens with one attached hydrogen (secondary N) is 1. The Morgan fingerprint density at radius 2 is 1.89 bits per heavy atom. The van der Waals surface area contributed by atoms with Crippen LogP contribution in [-0.2, 0) is 5.60 Å². The van der Waals surface area contributed by atoms with E-state index in [-0.39, 0.29) is 0 Å². The molecule has 0 saturated carbocycles. The minimum absolute atomic E-state index is 0.299. The Bertz CT molecular complexity index is 1480. The molecule has 0 amide bonds. The van der Waals surface area contributed by atoms with Gasteiger partial charge in [-0.15, -0.1) is 0 Å². The summed E-state index contributed by atoms with van der Waals surface area (Å²) in [6.07, 6.45) is 2.83. The molecule has 2 aliphatic rings. The zero-order valence-electron chi connectivity index (χ0n) is 21.5. The van der Waals surface area contributed by atoms with Crippen LogP contribution in [0.3, 0.4) is 0 Å². The van der Waals surface area contributed by atoms with Crippen molar-refractivity contribution >= 4 is 34.0 Å². The number of aliphatic hydroxyl groups is 1. The van der Waals surface area contributed by atoms with Crippen molar-refractivity contribution in [1.29, 1.82) is 0 Å². The summed E-state index contributed by atoms with van der Waals surface area (Å²) in [5.74, 6) is 0.399. The Morgan fingerprint density at radius 3 is 2.70 bits per heavy atom. The standard InChI is InChI=1S/C27H31FN8O/c1-27(2,37)23-6-5-7-24(31-23)36-16-20(28)19-13-29-26(32-25(19)36)30-17-8-9-21-22(12-17)35-11-10-33(3)14-18(35)15-34(21)4/h5-9,12-13,16,18,37H,10-11,14-15H2,1-4H3,(H,29,30,32). The molecule has 3 aromatic heterocycles. The summed E-state index contributed by atoms with van der Waals surface area (Å²) in [5.41, 5.74) is 3.03. The normalized spacial score (nSPS) is 18.2. The molecule has 0 bridgehead atoms. The molecule has 6 rings (SSSR count). The van der Waals surface area contributed by atoms with E-state index in [4.69, 9.17) is 0 Å². The highest BCUT2D eigenvalue weighted by Crippen LogP contribution is 2.38. The molecule has 1 fully saturated rings. The summed E-state index contributed by atoms with van der Waals surface area (Å²) in [6.45, 7) is 7.37. The van der Waals surface area contributed by atoms with Gasteiger partial charge >= 0.3 is 0 Å². The Hall–Kier alpha value is -3.76. The minimum Gasteiger partial charge on any atom is -0.384 e. The van der Waals surface area contributed by atoms with Gasteiger partial charge in [0.15, 0.2) is 11.5 Å². The molecule has 1 saturated heterocycles. The van der Waals surface area contributed by atoms with Gasteiger partial charge in [-0.2, -0.15) is 4.98 Å². The number of fused-ring (bicyclic) bond motifs is 4. The minimum atomic E-state index is -1.12. The lowest BCUT2D eigenvalue weighted by Crippen LogP contribution is -2.58. The van der Waals surface area contributed by atoms with Gasteiger partial charge in [-0.3, -0.25) is 4.57 Å². The van der Waals surface area contributed by atoms with E-state index >= 15 is 0 Å². The molecule has 4 aromatic rings. The average Bonchev–Trinajstić information content (AvgIpc) is 3.19. The molecule has 0 spiro atoms. The second-order valence-corrected chi connectivity index (χ2v) is 10.5. The van der Waals surface area contributed by atoms with Crippen molar-refractivity contribution in [3.63, 3.8) is 0 Å². The maximum absolute atomic E-state index is 14.8. The predicted molar refractivity (Wildman–Crippen MR) is 143 cm³/mol. The first-order valence-electron chi connectivity index (χ1n) is 12.5. The molecule has 9 nitrogen and oxygen atoms in total. The molecule has 1 unspecified atom stereocenters. The highest BCUT2D eigenvalue weighted by atomic mass is 19.1. The zero-order chi connectivity index (χ0) is 25.9. The number of hydrogen-bond acceptors (Lipinski definition) is 8. The van der Waals surface area contributed by atoms with Crippen LogP contribution < -0.4 is 15.1 Å². The van der Waals surface area contributed by atoms with Gasteiger partial charge < -0.3 is 25.1 Å². The summed E-state index contributed by atoms with van der Waals surface area (Å²) in [7, 11) is 4.31. The van der Waals surface area contributed by atoms with Crippen LogP contribution >= 0.6 is 0 Å². The third-order valence-corrected chi connectivity index (χ3v) is 7.23. The molecule has 10 heteroatoms. The molecule has 5 heterocycles. The molecule has 192 valence electrons. The Morgan fingerprint density at radius 1 is 1.05 bits per heavy atom. The van der Waals surface area contributed by atoms with Crippen molar-refractivity contribution in [2.75, 3.05) is 55.4 Å². The lowest BCUT2D eigenvalue weighted by molar-refractivity contribution is 0.0738. The second kappa shape index (κ2) is 8.67. The molecule has 37 heavy (non-hydrogen) atoms. The largest absolute Gasteiger partial charge is 0.384 e. The van der Waals surface area contributed by atoms with Gasteiger partial charge in [0.05, 0.1) is 28.5 Å². The third-order valence-electron chi connectivity index (χ3n) is 7.23. The molecule has 0 aliphatic carbocycles. The number of pyridine rings is 1. The summed E-state index contributed by atoms with van der Waals surface area (Å²) in [5, 5.41) is 14.0. The Balaban J connectivity index is 1.35. The van der Waals surface area contributed by atoms with Crippen molar-refractivity contribution in [3.05, 3.63) is 60.3 Å². The van der Waals surface area contributed by atoms with E-state index in [1.807, 2.05) is 6.07 Å². The number of rotatable bonds is 4. The summed E-state index contributed by atoms with van der Waals surface area (Å²) in [4.78, 5) is 20.8. The van der Waals surface area contributed by atoms with Crippen LogP contribution in [-0.4, -0.2) is 75.8 Å². The first-order valence-corrected chi connectivity index (χ1v) is 12.5. The number of anilines is 4. The van der Waals surface area contributed by atoms with Crippen molar-refractivity contribution < 1.29 is 9.50 Å². The fourth-order valence-corrected chi connectivity index (χ4v) is 5.28. The van der Waals surface area contributed by atoms with E-state index < -0.39 is 11.4 Å². The van der Waals surface area contributed by atoms with Crippen LogP contribution in [0.1, 0.15) is 19.5 Å². The van der Waals surface area contributed by atoms with Gasteiger partial charge in [-0.05, 0) is 51.2 Å². The lowest BCUT2D eigenvalue weighted by Gasteiger charge is -2.48. The molecular weight excluding hydrogens is 471 g/mol. The molecule has 2 aliphatic heterocycles. The van der Waals surface area contributed by atoms with Gasteiger partial charge in [0.25, 0.3) is 0 Å². The second-order valence-electron chi connectivity index (χ2n) is 10.5. The summed E-state index contributed by atoms with van der Waals surface area (Å²) in [6, 6.07) is 12.0. The molecular formula is C27H31FN8O. The third kappa shape index (κ3) is 4.25. The van der Waals surface area contributed by atoms with Crippen LogP contribution in [0.25, 0.3) is 16.9 Å². The van der Waals surface area contributed by atoms with Gasteiger partial charge in [0.1, 0.15) is 11.4 Å². The van der Waals surface area contributed by atoms with E-state index in [0.717, 1.165) is 31.9 Å². The first kappa shape index (κ1) is 23.6. The molecule has 0 radical (unpaired) electrons. The van der Waals surface area contributed by atoms with Crippen molar-refractivity contribution in [1.82, 2.24) is 24.4 Å². The van der Waals surface area contributed by atoms with E-state index in [1.54, 1.807) is 36.6 Å². The fourth-order valence-electron chi connectivity index (χ4n) is 5.28. The maximum Gasteiger partial charge on any atom is 0.229 e. The van der Waals surface area contributed by atoms with Crippen LogP contribution in [0.5, 0.6) is 0 Å². The molecule has 2 N–H and O–H groups in total. The highest BCUT2D eigenvalue weighted by Gasteiger charge is 2.33. The van der Waals surface area contributed by atoms with E-state index in [0.29, 0.717) is 34.5 Å². The number of aromatic nitrogens is 4. The predicted octanol–water partition coefficient (Wildman–Crippen LogP) is 3.50. The molecule has 1 atom stereocenters. The highest BCUT2D eigenvalue weighted by molar-refractivity contribution is 5.81. The lowest BCUT2D eigenvalue weighted by atomic mass is 10.0. The monoisotopic (exact) mass is 502 g/mol. The van der Waals surface area contributed by atoms with Crippen LogP contribution in [0.15, 0.2) is 48.8 Å². The van der Waals surface area contributed by atoms with Gasteiger partial charge in [-0.25, -0.2) is 14.4 Å². The van der Waals surface area contributed by atoms with Gasteiger partial charge in [-0.1, -0.05) is 6.07 Å². The van der Waals surface area contributed by atoms with Crippen molar-refractivity contribution in [2.45, 2.75) is 25.5 Å². The summed E-state index contributed by atoms with van der Waals surface area (Å²) >= 11 is 0. The number of nitrogens with zero attached hydrogens (tertiary/aromatic N) is 7. The van der Waals surface area contributed by atoms with Crippen LogP contribution in [0, 0.1) is 5.82 Å². The summed E-state index contributed by atoms with van der Waals surface area (Å²) < 4.78 is 16.4. The number of hydrogen-bond donors (Lipinski definition) is 2. The number of piperazine rings is 1. The quantitative estimate of drug-likeness (QED) is 0.439. The SMILES string of the molecule is CN1CCN2c3cc(Nc4ncc5c(F)cn(-c6cccc(C(C)(C)O)n6)c5n4)ccc3N(C)CC2C1. The topological polar surface area (TPSA) is 85.6 Å². The molecule has 1 aromatic carbocycles. The number of benzene rings is 1. The van der Waals surface area contributed by atoms with E-state index in [2.05, 4.69) is 61.2 Å². The maximum atomic E-state index is 14.8. The van der Waals surface area contributed by atoms with Crippen molar-refractivity contribution in [3.8, 4) is 5.82 Å². The van der Waals surface area contributed by atoms with E-state index in [1.165, 1.54) is 23.8 Å². The van der Waals surface area contributed by atoms with Crippen molar-refractivity contribution in [2.24, 2.45) is 0 Å². The van der Waals surface area contributed by atoms with Crippen LogP contribution in [0.4, 0.5) is 27.4 Å². The number of halogens is 1. The fraction of sp³-hybridized carbons (Fsp3) is 0.370. The van der Waals surface area contributed by atoms with Gasteiger partial charge in [0, 0.05) is 51.3 Å².